The van der Waals surface area contributed by atoms with Gasteiger partial charge in [-0.05, 0) is 16.9 Å². The highest BCUT2D eigenvalue weighted by Crippen LogP contribution is 2.32. The molecule has 1 aromatic heterocycles. The zero-order chi connectivity index (χ0) is 13.7. The van der Waals surface area contributed by atoms with E-state index >= 15 is 0 Å². The largest absolute Gasteiger partial charge is 0.489 e. The lowest BCUT2D eigenvalue weighted by molar-refractivity contribution is 0.426. The normalized spacial score (nSPS) is 11.5. The zero-order valence-corrected chi connectivity index (χ0v) is 10.6. The van der Waals surface area contributed by atoms with Gasteiger partial charge in [0.05, 0.1) is 0 Å². The van der Waals surface area contributed by atoms with Crippen LogP contribution >= 0.6 is 0 Å². The minimum absolute atomic E-state index is 0.476. The number of fused-ring (bicyclic) bond motifs is 5. The molecule has 1 heterocycles. The molecule has 0 aliphatic rings. The standard InChI is InChI=1S/C16H11BO3/c18-17(19)13-9-10-5-1-2-6-11(10)16-15(13)12-7-3-4-8-14(12)20-16/h1-9,18-19H. The van der Waals surface area contributed by atoms with Crippen LogP contribution in [-0.4, -0.2) is 17.2 Å². The van der Waals surface area contributed by atoms with E-state index in [0.717, 1.165) is 27.1 Å². The molecule has 0 fully saturated rings. The summed E-state index contributed by atoms with van der Waals surface area (Å²) < 4.78 is 5.93. The minimum atomic E-state index is -1.52. The van der Waals surface area contributed by atoms with E-state index in [1.807, 2.05) is 54.6 Å². The topological polar surface area (TPSA) is 53.6 Å². The Kier molecular flexibility index (Phi) is 2.36. The monoisotopic (exact) mass is 262 g/mol. The summed E-state index contributed by atoms with van der Waals surface area (Å²) in [5.41, 5.74) is 1.93. The highest BCUT2D eigenvalue weighted by atomic mass is 16.4. The van der Waals surface area contributed by atoms with Crippen molar-refractivity contribution in [3.8, 4) is 0 Å². The van der Waals surface area contributed by atoms with Crippen molar-refractivity contribution in [3.05, 3.63) is 54.6 Å². The maximum Gasteiger partial charge on any atom is 0.489 e. The van der Waals surface area contributed by atoms with E-state index in [4.69, 9.17) is 4.42 Å². The minimum Gasteiger partial charge on any atom is -0.455 e. The zero-order valence-electron chi connectivity index (χ0n) is 10.6. The summed E-state index contributed by atoms with van der Waals surface area (Å²) in [6.45, 7) is 0. The first-order chi connectivity index (χ1) is 9.75. The number of rotatable bonds is 1. The van der Waals surface area contributed by atoms with Crippen molar-refractivity contribution in [2.75, 3.05) is 0 Å². The third-order valence-electron chi connectivity index (χ3n) is 3.68. The van der Waals surface area contributed by atoms with Crippen molar-refractivity contribution in [2.24, 2.45) is 0 Å². The lowest BCUT2D eigenvalue weighted by Gasteiger charge is -2.05. The van der Waals surface area contributed by atoms with Gasteiger partial charge in [0.2, 0.25) is 0 Å². The van der Waals surface area contributed by atoms with E-state index in [1.165, 1.54) is 0 Å². The van der Waals surface area contributed by atoms with Gasteiger partial charge in [-0.1, -0.05) is 48.5 Å². The predicted octanol–water partition coefficient (Wildman–Crippen LogP) is 2.42. The molecular weight excluding hydrogens is 251 g/mol. The number of hydrogen-bond acceptors (Lipinski definition) is 3. The highest BCUT2D eigenvalue weighted by Gasteiger charge is 2.21. The van der Waals surface area contributed by atoms with E-state index in [-0.39, 0.29) is 0 Å². The van der Waals surface area contributed by atoms with E-state index in [0.29, 0.717) is 11.0 Å². The second-order valence-corrected chi connectivity index (χ2v) is 4.86. The Morgan fingerprint density at radius 3 is 2.35 bits per heavy atom. The summed E-state index contributed by atoms with van der Waals surface area (Å²) in [5.74, 6) is 0. The fourth-order valence-corrected chi connectivity index (χ4v) is 2.79. The van der Waals surface area contributed by atoms with Crippen LogP contribution in [0.15, 0.2) is 59.0 Å². The number of furan rings is 1. The fourth-order valence-electron chi connectivity index (χ4n) is 2.79. The van der Waals surface area contributed by atoms with Crippen LogP contribution in [0.25, 0.3) is 32.7 Å². The van der Waals surface area contributed by atoms with Gasteiger partial charge in [-0.3, -0.25) is 0 Å². The Labute approximate surface area is 115 Å². The molecule has 0 atom stereocenters. The van der Waals surface area contributed by atoms with E-state index in [2.05, 4.69) is 0 Å². The summed E-state index contributed by atoms with van der Waals surface area (Å²) in [7, 11) is -1.52. The molecule has 96 valence electrons. The van der Waals surface area contributed by atoms with Gasteiger partial charge in [-0.25, -0.2) is 0 Å². The molecule has 4 rings (SSSR count). The predicted molar refractivity (Wildman–Crippen MR) is 81.1 cm³/mol. The summed E-state index contributed by atoms with van der Waals surface area (Å²) >= 11 is 0. The number of hydrogen-bond donors (Lipinski definition) is 2. The summed E-state index contributed by atoms with van der Waals surface area (Å²) in [6.07, 6.45) is 0. The van der Waals surface area contributed by atoms with Gasteiger partial charge in [0.15, 0.2) is 0 Å². The van der Waals surface area contributed by atoms with Crippen molar-refractivity contribution in [1.82, 2.24) is 0 Å². The lowest BCUT2D eigenvalue weighted by Crippen LogP contribution is -2.30. The fraction of sp³-hybridized carbons (Fsp3) is 0. The molecule has 4 aromatic rings. The van der Waals surface area contributed by atoms with Gasteiger partial charge in [0, 0.05) is 16.2 Å². The molecule has 0 spiro atoms. The molecule has 0 amide bonds. The number of benzene rings is 3. The number of para-hydroxylation sites is 1. The molecule has 0 unspecified atom stereocenters. The van der Waals surface area contributed by atoms with Crippen LogP contribution in [0.2, 0.25) is 0 Å². The van der Waals surface area contributed by atoms with Crippen LogP contribution < -0.4 is 5.46 Å². The van der Waals surface area contributed by atoms with Gasteiger partial charge in [0.1, 0.15) is 11.2 Å². The van der Waals surface area contributed by atoms with Crippen LogP contribution in [0, 0.1) is 0 Å². The molecule has 4 heteroatoms. The second kappa shape index (κ2) is 4.10. The van der Waals surface area contributed by atoms with Gasteiger partial charge in [-0.15, -0.1) is 0 Å². The Morgan fingerprint density at radius 1 is 0.850 bits per heavy atom. The van der Waals surface area contributed by atoms with Crippen LogP contribution in [0.3, 0.4) is 0 Å². The van der Waals surface area contributed by atoms with Crippen molar-refractivity contribution < 1.29 is 14.5 Å². The van der Waals surface area contributed by atoms with Gasteiger partial charge < -0.3 is 14.5 Å². The molecule has 0 aliphatic carbocycles. The molecule has 3 aromatic carbocycles. The summed E-state index contributed by atoms with van der Waals surface area (Å²) in [6, 6.07) is 17.2. The molecule has 3 nitrogen and oxygen atoms in total. The molecule has 0 aliphatic heterocycles. The average Bonchev–Trinajstić information content (AvgIpc) is 2.86. The SMILES string of the molecule is OB(O)c1cc2ccccc2c2oc3ccccc3c12. The van der Waals surface area contributed by atoms with Crippen molar-refractivity contribution >= 4 is 45.3 Å². The lowest BCUT2D eigenvalue weighted by atomic mass is 9.76. The van der Waals surface area contributed by atoms with Crippen molar-refractivity contribution in [1.29, 1.82) is 0 Å². The van der Waals surface area contributed by atoms with Crippen molar-refractivity contribution in [3.63, 3.8) is 0 Å². The van der Waals surface area contributed by atoms with Gasteiger partial charge >= 0.3 is 7.12 Å². The molecule has 2 N–H and O–H groups in total. The molecule has 0 radical (unpaired) electrons. The first kappa shape index (κ1) is 11.5. The Hall–Kier alpha value is -2.30. The maximum atomic E-state index is 9.67. The molecule has 0 saturated heterocycles. The van der Waals surface area contributed by atoms with Crippen LogP contribution in [-0.2, 0) is 0 Å². The first-order valence-electron chi connectivity index (χ1n) is 6.45. The van der Waals surface area contributed by atoms with E-state index < -0.39 is 7.12 Å². The maximum absolute atomic E-state index is 9.67. The van der Waals surface area contributed by atoms with Crippen molar-refractivity contribution in [2.45, 2.75) is 0 Å². The van der Waals surface area contributed by atoms with E-state index in [9.17, 15) is 10.0 Å². The summed E-state index contributed by atoms with van der Waals surface area (Å²) in [5, 5.41) is 22.9. The molecular formula is C16H11BO3. The van der Waals surface area contributed by atoms with Crippen LogP contribution in [0.5, 0.6) is 0 Å². The molecule has 0 bridgehead atoms. The highest BCUT2D eigenvalue weighted by molar-refractivity contribution is 6.63. The smallest absolute Gasteiger partial charge is 0.455 e. The Bertz CT molecular complexity index is 940. The Morgan fingerprint density at radius 2 is 1.55 bits per heavy atom. The third kappa shape index (κ3) is 1.49. The molecule has 0 saturated carbocycles. The van der Waals surface area contributed by atoms with E-state index in [1.54, 1.807) is 0 Å². The third-order valence-corrected chi connectivity index (χ3v) is 3.68. The van der Waals surface area contributed by atoms with Gasteiger partial charge in [0.25, 0.3) is 0 Å². The quantitative estimate of drug-likeness (QED) is 0.518. The van der Waals surface area contributed by atoms with Crippen LogP contribution in [0.1, 0.15) is 0 Å². The van der Waals surface area contributed by atoms with Gasteiger partial charge in [-0.2, -0.15) is 0 Å². The first-order valence-corrected chi connectivity index (χ1v) is 6.45. The summed E-state index contributed by atoms with van der Waals surface area (Å²) in [4.78, 5) is 0. The second-order valence-electron chi connectivity index (χ2n) is 4.86. The molecule has 20 heavy (non-hydrogen) atoms. The Balaban J connectivity index is 2.33. The van der Waals surface area contributed by atoms with Crippen LogP contribution in [0.4, 0.5) is 0 Å². The average molecular weight is 262 g/mol.